The summed E-state index contributed by atoms with van der Waals surface area (Å²) in [6.45, 7) is 4.46. The number of ether oxygens (including phenoxy) is 3. The first-order valence-electron chi connectivity index (χ1n) is 12.5. The van der Waals surface area contributed by atoms with Gasteiger partial charge in [0.05, 0.1) is 27.0 Å². The Morgan fingerprint density at radius 2 is 1.44 bits per heavy atom. The van der Waals surface area contributed by atoms with Crippen LogP contribution in [-0.4, -0.2) is 82.3 Å². The van der Waals surface area contributed by atoms with Gasteiger partial charge in [0.2, 0.25) is 11.7 Å². The number of rotatable bonds is 7. The van der Waals surface area contributed by atoms with E-state index in [1.165, 1.54) is 27.0 Å². The summed E-state index contributed by atoms with van der Waals surface area (Å²) >= 11 is 0. The largest absolute Gasteiger partial charge is 0.493 e. The second-order valence-corrected chi connectivity index (χ2v) is 9.18. The average Bonchev–Trinajstić information content (AvgIpc) is 2.93. The summed E-state index contributed by atoms with van der Waals surface area (Å²) in [5, 5.41) is 2.93. The third kappa shape index (κ3) is 5.95. The number of anilines is 2. The lowest BCUT2D eigenvalue weighted by Gasteiger charge is -2.37. The molecule has 0 aliphatic carbocycles. The second-order valence-electron chi connectivity index (χ2n) is 9.18. The van der Waals surface area contributed by atoms with Gasteiger partial charge in [0, 0.05) is 63.5 Å². The smallest absolute Gasteiger partial charge is 0.321 e. The predicted molar refractivity (Wildman–Crippen MR) is 139 cm³/mol. The molecular weight excluding hydrogens is 460 g/mol. The molecule has 3 amide bonds. The number of amides is 3. The van der Waals surface area contributed by atoms with E-state index in [0.717, 1.165) is 39.0 Å². The minimum Gasteiger partial charge on any atom is -0.493 e. The van der Waals surface area contributed by atoms with Crippen molar-refractivity contribution in [3.8, 4) is 17.2 Å². The molecule has 0 spiro atoms. The van der Waals surface area contributed by atoms with Gasteiger partial charge in [-0.1, -0.05) is 18.2 Å². The van der Waals surface area contributed by atoms with Crippen molar-refractivity contribution < 1.29 is 23.8 Å². The Kier molecular flexibility index (Phi) is 8.40. The molecule has 0 radical (unpaired) electrons. The minimum atomic E-state index is -0.175. The number of carbonyl (C=O) groups is 2. The van der Waals surface area contributed by atoms with E-state index in [1.54, 1.807) is 17.0 Å². The van der Waals surface area contributed by atoms with Crippen LogP contribution in [-0.2, 0) is 4.79 Å². The predicted octanol–water partition coefficient (Wildman–Crippen LogP) is 3.70. The van der Waals surface area contributed by atoms with Crippen LogP contribution in [0.25, 0.3) is 0 Å². The summed E-state index contributed by atoms with van der Waals surface area (Å²) in [5.41, 5.74) is 1.78. The van der Waals surface area contributed by atoms with Crippen LogP contribution < -0.4 is 24.4 Å². The van der Waals surface area contributed by atoms with Crippen molar-refractivity contribution in [2.24, 2.45) is 5.92 Å². The molecule has 194 valence electrons. The number of hydrogen-bond donors (Lipinski definition) is 1. The van der Waals surface area contributed by atoms with Gasteiger partial charge in [-0.15, -0.1) is 0 Å². The quantitative estimate of drug-likeness (QED) is 0.630. The van der Waals surface area contributed by atoms with Gasteiger partial charge in [0.15, 0.2) is 11.5 Å². The van der Waals surface area contributed by atoms with Gasteiger partial charge in [0.25, 0.3) is 0 Å². The molecule has 0 atom stereocenters. The van der Waals surface area contributed by atoms with E-state index in [0.29, 0.717) is 48.4 Å². The molecular formula is C27H36N4O5. The van der Waals surface area contributed by atoms with Gasteiger partial charge in [-0.2, -0.15) is 0 Å². The molecule has 0 bridgehead atoms. The molecule has 9 heteroatoms. The first kappa shape index (κ1) is 25.5. The Balaban J connectivity index is 1.23. The fourth-order valence-electron chi connectivity index (χ4n) is 4.92. The molecule has 2 fully saturated rings. The maximum Gasteiger partial charge on any atom is 0.321 e. The van der Waals surface area contributed by atoms with Crippen molar-refractivity contribution in [1.29, 1.82) is 0 Å². The lowest BCUT2D eigenvalue weighted by atomic mass is 9.93. The van der Waals surface area contributed by atoms with Gasteiger partial charge < -0.3 is 34.2 Å². The summed E-state index contributed by atoms with van der Waals surface area (Å²) < 4.78 is 16.1. The minimum absolute atomic E-state index is 0.175. The van der Waals surface area contributed by atoms with Crippen molar-refractivity contribution in [2.45, 2.75) is 19.3 Å². The number of nitrogens with zero attached hydrogens (tertiary/aromatic N) is 3. The summed E-state index contributed by atoms with van der Waals surface area (Å²) in [4.78, 5) is 31.9. The van der Waals surface area contributed by atoms with Crippen LogP contribution in [0.5, 0.6) is 17.2 Å². The number of methoxy groups -OCH3 is 3. The first-order chi connectivity index (χ1) is 17.5. The number of para-hydroxylation sites is 1. The zero-order chi connectivity index (χ0) is 25.5. The van der Waals surface area contributed by atoms with Gasteiger partial charge in [-0.3, -0.25) is 4.79 Å². The third-order valence-electron chi connectivity index (χ3n) is 7.03. The molecule has 36 heavy (non-hydrogen) atoms. The van der Waals surface area contributed by atoms with Gasteiger partial charge in [-0.25, -0.2) is 4.79 Å². The van der Waals surface area contributed by atoms with E-state index in [1.807, 2.05) is 23.1 Å². The molecule has 1 N–H and O–H groups in total. The molecule has 2 aliphatic rings. The average molecular weight is 497 g/mol. The maximum atomic E-state index is 12.9. The zero-order valence-electron chi connectivity index (χ0n) is 21.4. The summed E-state index contributed by atoms with van der Waals surface area (Å²) in [5.74, 6) is 1.96. The van der Waals surface area contributed by atoms with Crippen LogP contribution in [0.1, 0.15) is 19.3 Å². The fraction of sp³-hybridized carbons (Fsp3) is 0.481. The van der Waals surface area contributed by atoms with E-state index in [-0.39, 0.29) is 11.9 Å². The highest BCUT2D eigenvalue weighted by Gasteiger charge is 2.28. The number of piperazine rings is 1. The van der Waals surface area contributed by atoms with Gasteiger partial charge >= 0.3 is 6.03 Å². The number of urea groups is 1. The molecule has 2 aliphatic heterocycles. The number of benzene rings is 2. The van der Waals surface area contributed by atoms with Gasteiger partial charge in [0.1, 0.15) is 0 Å². The first-order valence-corrected chi connectivity index (χ1v) is 12.5. The van der Waals surface area contributed by atoms with Crippen molar-refractivity contribution in [1.82, 2.24) is 9.80 Å². The van der Waals surface area contributed by atoms with Crippen LogP contribution in [0.4, 0.5) is 16.2 Å². The van der Waals surface area contributed by atoms with E-state index in [4.69, 9.17) is 14.2 Å². The highest BCUT2D eigenvalue weighted by atomic mass is 16.5. The lowest BCUT2D eigenvalue weighted by molar-refractivity contribution is -0.132. The van der Waals surface area contributed by atoms with Crippen molar-refractivity contribution >= 4 is 23.3 Å². The normalized spacial score (nSPS) is 16.5. The highest BCUT2D eigenvalue weighted by Crippen LogP contribution is 2.40. The number of likely N-dealkylation sites (tertiary alicyclic amines) is 1. The Bertz CT molecular complexity index is 1010. The Hall–Kier alpha value is -3.62. The SMILES string of the molecule is COc1cc(NC(=O)N2CCC(CC(=O)N3CCN(c4ccccc4)CC3)CC2)cc(OC)c1OC. The molecule has 0 saturated carbocycles. The summed E-state index contributed by atoms with van der Waals surface area (Å²) in [6.07, 6.45) is 2.18. The van der Waals surface area contributed by atoms with Crippen LogP contribution in [0.3, 0.4) is 0 Å². The summed E-state index contributed by atoms with van der Waals surface area (Å²) in [7, 11) is 4.62. The number of nitrogens with one attached hydrogen (secondary N) is 1. The van der Waals surface area contributed by atoms with Crippen LogP contribution in [0.15, 0.2) is 42.5 Å². The van der Waals surface area contributed by atoms with Crippen molar-refractivity contribution in [2.75, 3.05) is 70.8 Å². The third-order valence-corrected chi connectivity index (χ3v) is 7.03. The van der Waals surface area contributed by atoms with Gasteiger partial charge in [-0.05, 0) is 30.9 Å². The van der Waals surface area contributed by atoms with E-state index in [2.05, 4.69) is 22.3 Å². The molecule has 2 aromatic rings. The standard InChI is InChI=1S/C27H36N4O5/c1-34-23-18-21(19-24(35-2)26(23)36-3)28-27(33)31-11-9-20(10-12-31)17-25(32)30-15-13-29(14-16-30)22-7-5-4-6-8-22/h4-8,18-20H,9-17H2,1-3H3,(H,28,33). The lowest BCUT2D eigenvalue weighted by Crippen LogP contribution is -2.49. The van der Waals surface area contributed by atoms with Crippen LogP contribution >= 0.6 is 0 Å². The Labute approximate surface area is 212 Å². The summed E-state index contributed by atoms with van der Waals surface area (Å²) in [6, 6.07) is 13.6. The molecule has 2 saturated heterocycles. The van der Waals surface area contributed by atoms with Crippen molar-refractivity contribution in [3.05, 3.63) is 42.5 Å². The van der Waals surface area contributed by atoms with E-state index < -0.39 is 0 Å². The zero-order valence-corrected chi connectivity index (χ0v) is 21.4. The fourth-order valence-corrected chi connectivity index (χ4v) is 4.92. The Morgan fingerprint density at radius 3 is 2.00 bits per heavy atom. The van der Waals surface area contributed by atoms with E-state index >= 15 is 0 Å². The second kappa shape index (κ2) is 11.9. The molecule has 0 aromatic heterocycles. The molecule has 0 unspecified atom stereocenters. The number of carbonyl (C=O) groups excluding carboxylic acids is 2. The molecule has 2 aromatic carbocycles. The topological polar surface area (TPSA) is 83.6 Å². The molecule has 9 nitrogen and oxygen atoms in total. The highest BCUT2D eigenvalue weighted by molar-refractivity contribution is 5.90. The van der Waals surface area contributed by atoms with Crippen molar-refractivity contribution in [3.63, 3.8) is 0 Å². The number of piperidine rings is 1. The van der Waals surface area contributed by atoms with Crippen LogP contribution in [0.2, 0.25) is 0 Å². The maximum absolute atomic E-state index is 12.9. The number of hydrogen-bond acceptors (Lipinski definition) is 6. The molecule has 2 heterocycles. The van der Waals surface area contributed by atoms with E-state index in [9.17, 15) is 9.59 Å². The Morgan fingerprint density at radius 1 is 0.833 bits per heavy atom. The molecule has 4 rings (SSSR count). The van der Waals surface area contributed by atoms with Crippen LogP contribution in [0, 0.1) is 5.92 Å². The monoisotopic (exact) mass is 496 g/mol.